The molecule has 0 aliphatic heterocycles. The number of hydrogen-bond acceptors (Lipinski definition) is 3. The molecule has 0 bridgehead atoms. The van der Waals surface area contributed by atoms with Crippen LogP contribution in [0.2, 0.25) is 0 Å². The first-order chi connectivity index (χ1) is 9.42. The molecule has 20 heavy (non-hydrogen) atoms. The summed E-state index contributed by atoms with van der Waals surface area (Å²) in [6.07, 6.45) is 0.789. The van der Waals surface area contributed by atoms with Gasteiger partial charge in [-0.3, -0.25) is 4.72 Å². The van der Waals surface area contributed by atoms with Crippen LogP contribution in [0.3, 0.4) is 0 Å². The molecule has 4 nitrogen and oxygen atoms in total. The van der Waals surface area contributed by atoms with E-state index in [4.69, 9.17) is 5.73 Å². The van der Waals surface area contributed by atoms with E-state index in [-0.39, 0.29) is 10.6 Å². The Morgan fingerprint density at radius 3 is 2.65 bits per heavy atom. The second-order valence-electron chi connectivity index (χ2n) is 4.34. The van der Waals surface area contributed by atoms with E-state index in [1.54, 1.807) is 18.2 Å². The van der Waals surface area contributed by atoms with Crippen molar-refractivity contribution in [2.24, 2.45) is 0 Å². The van der Waals surface area contributed by atoms with Crippen LogP contribution in [0.15, 0.2) is 47.4 Å². The van der Waals surface area contributed by atoms with Crippen LogP contribution in [0, 0.1) is 5.82 Å². The van der Waals surface area contributed by atoms with E-state index in [1.165, 1.54) is 6.07 Å². The molecule has 0 spiro atoms. The maximum absolute atomic E-state index is 13.2. The highest BCUT2D eigenvalue weighted by atomic mass is 32.2. The molecular weight excluding hydrogens is 279 g/mol. The predicted octanol–water partition coefficient (Wildman–Crippen LogP) is 2.77. The fourth-order valence-electron chi connectivity index (χ4n) is 1.81. The Morgan fingerprint density at radius 1 is 1.20 bits per heavy atom. The molecule has 0 amide bonds. The van der Waals surface area contributed by atoms with Gasteiger partial charge in [0.25, 0.3) is 10.0 Å². The van der Waals surface area contributed by atoms with E-state index >= 15 is 0 Å². The number of nitrogen functional groups attached to an aromatic ring is 1. The summed E-state index contributed by atoms with van der Waals surface area (Å²) in [7, 11) is -3.91. The van der Waals surface area contributed by atoms with Crippen LogP contribution in [0.5, 0.6) is 0 Å². The summed E-state index contributed by atoms with van der Waals surface area (Å²) in [6.45, 7) is 1.97. The van der Waals surface area contributed by atoms with Gasteiger partial charge >= 0.3 is 0 Å². The van der Waals surface area contributed by atoms with Crippen LogP contribution in [0.4, 0.5) is 15.8 Å². The summed E-state index contributed by atoms with van der Waals surface area (Å²) in [5.74, 6) is -0.651. The van der Waals surface area contributed by atoms with Gasteiger partial charge in [-0.25, -0.2) is 12.8 Å². The Morgan fingerprint density at radius 2 is 1.95 bits per heavy atom. The number of nitrogens with two attached hydrogens (primary N) is 1. The molecule has 2 aromatic carbocycles. The van der Waals surface area contributed by atoms with Crippen LogP contribution < -0.4 is 10.5 Å². The Kier molecular flexibility index (Phi) is 3.94. The average molecular weight is 294 g/mol. The van der Waals surface area contributed by atoms with Gasteiger partial charge in [-0.05, 0) is 42.3 Å². The van der Waals surface area contributed by atoms with Gasteiger partial charge in [0.1, 0.15) is 10.7 Å². The Hall–Kier alpha value is -2.08. The van der Waals surface area contributed by atoms with Gasteiger partial charge in [0.2, 0.25) is 0 Å². The second kappa shape index (κ2) is 5.50. The number of nitrogens with one attached hydrogen (secondary N) is 1. The van der Waals surface area contributed by atoms with E-state index in [1.807, 2.05) is 13.0 Å². The molecule has 2 aromatic rings. The van der Waals surface area contributed by atoms with E-state index in [2.05, 4.69) is 4.72 Å². The number of halogens is 1. The van der Waals surface area contributed by atoms with E-state index in [0.29, 0.717) is 5.69 Å². The number of rotatable bonds is 4. The fourth-order valence-corrected chi connectivity index (χ4v) is 3.00. The maximum atomic E-state index is 13.2. The third-order valence-electron chi connectivity index (χ3n) is 2.85. The number of hydrogen-bond donors (Lipinski definition) is 2. The lowest BCUT2D eigenvalue weighted by Gasteiger charge is -2.11. The van der Waals surface area contributed by atoms with Crippen molar-refractivity contribution in [2.45, 2.75) is 18.2 Å². The monoisotopic (exact) mass is 294 g/mol. The standard InChI is InChI=1S/C14H15FN2O2S/c1-2-10-4-3-5-12(8-10)17-20(18,19)14-9-11(15)6-7-13(14)16/h3-9,17H,2,16H2,1H3. The first-order valence-electron chi connectivity index (χ1n) is 6.09. The van der Waals surface area contributed by atoms with Gasteiger partial charge in [-0.15, -0.1) is 0 Å². The molecule has 0 aliphatic rings. The molecule has 0 saturated heterocycles. The van der Waals surface area contributed by atoms with Crippen molar-refractivity contribution in [1.29, 1.82) is 0 Å². The van der Waals surface area contributed by atoms with E-state index in [9.17, 15) is 12.8 Å². The molecule has 0 aliphatic carbocycles. The highest BCUT2D eigenvalue weighted by Gasteiger charge is 2.18. The predicted molar refractivity (Wildman–Crippen MR) is 77.4 cm³/mol. The van der Waals surface area contributed by atoms with Crippen molar-refractivity contribution in [3.63, 3.8) is 0 Å². The van der Waals surface area contributed by atoms with Crippen molar-refractivity contribution in [1.82, 2.24) is 0 Å². The maximum Gasteiger partial charge on any atom is 0.264 e. The molecule has 0 heterocycles. The zero-order chi connectivity index (χ0) is 14.8. The lowest BCUT2D eigenvalue weighted by Crippen LogP contribution is -2.15. The van der Waals surface area contributed by atoms with Gasteiger partial charge in [0.15, 0.2) is 0 Å². The molecular formula is C14H15FN2O2S. The topological polar surface area (TPSA) is 72.2 Å². The molecule has 6 heteroatoms. The van der Waals surface area contributed by atoms with Crippen LogP contribution in [-0.4, -0.2) is 8.42 Å². The zero-order valence-corrected chi connectivity index (χ0v) is 11.7. The summed E-state index contributed by atoms with van der Waals surface area (Å²) in [5.41, 5.74) is 7.03. The minimum Gasteiger partial charge on any atom is -0.398 e. The van der Waals surface area contributed by atoms with Gasteiger partial charge in [0.05, 0.1) is 5.69 Å². The number of sulfonamides is 1. The summed E-state index contributed by atoms with van der Waals surface area (Å²) in [5, 5.41) is 0. The quantitative estimate of drug-likeness (QED) is 0.852. The fraction of sp³-hybridized carbons (Fsp3) is 0.143. The molecule has 0 radical (unpaired) electrons. The molecule has 0 unspecified atom stereocenters. The van der Waals surface area contributed by atoms with Crippen molar-refractivity contribution in [3.8, 4) is 0 Å². The SMILES string of the molecule is CCc1cccc(NS(=O)(=O)c2cc(F)ccc2N)c1. The first kappa shape index (κ1) is 14.3. The number of benzene rings is 2. The molecule has 0 aromatic heterocycles. The normalized spacial score (nSPS) is 11.3. The van der Waals surface area contributed by atoms with Gasteiger partial charge < -0.3 is 5.73 Å². The number of aryl methyl sites for hydroxylation is 1. The van der Waals surface area contributed by atoms with Crippen molar-refractivity contribution in [3.05, 3.63) is 53.8 Å². The van der Waals surface area contributed by atoms with Crippen molar-refractivity contribution in [2.75, 3.05) is 10.5 Å². The van der Waals surface area contributed by atoms with Gasteiger partial charge in [-0.1, -0.05) is 19.1 Å². The Balaban J connectivity index is 2.38. The Labute approximate surface area is 117 Å². The summed E-state index contributed by atoms with van der Waals surface area (Å²) >= 11 is 0. The lowest BCUT2D eigenvalue weighted by atomic mass is 10.1. The summed E-state index contributed by atoms with van der Waals surface area (Å²) in [6, 6.07) is 10.3. The molecule has 106 valence electrons. The molecule has 0 atom stereocenters. The smallest absolute Gasteiger partial charge is 0.264 e. The number of anilines is 2. The highest BCUT2D eigenvalue weighted by Crippen LogP contribution is 2.23. The minimum atomic E-state index is -3.91. The van der Waals surface area contributed by atoms with Crippen LogP contribution in [-0.2, 0) is 16.4 Å². The van der Waals surface area contributed by atoms with Crippen molar-refractivity contribution < 1.29 is 12.8 Å². The third-order valence-corrected chi connectivity index (χ3v) is 4.29. The average Bonchev–Trinajstić information content (AvgIpc) is 2.41. The molecule has 0 fully saturated rings. The first-order valence-corrected chi connectivity index (χ1v) is 7.57. The van der Waals surface area contributed by atoms with Gasteiger partial charge in [-0.2, -0.15) is 0 Å². The van der Waals surface area contributed by atoms with Crippen LogP contribution in [0.1, 0.15) is 12.5 Å². The van der Waals surface area contributed by atoms with Crippen LogP contribution in [0.25, 0.3) is 0 Å². The third kappa shape index (κ3) is 3.08. The van der Waals surface area contributed by atoms with E-state index in [0.717, 1.165) is 24.1 Å². The molecule has 0 saturated carbocycles. The largest absolute Gasteiger partial charge is 0.398 e. The minimum absolute atomic E-state index is 0.00514. The molecule has 2 rings (SSSR count). The van der Waals surface area contributed by atoms with Crippen molar-refractivity contribution >= 4 is 21.4 Å². The lowest BCUT2D eigenvalue weighted by molar-refractivity contribution is 0.596. The second-order valence-corrected chi connectivity index (χ2v) is 5.99. The van der Waals surface area contributed by atoms with Crippen LogP contribution >= 0.6 is 0 Å². The summed E-state index contributed by atoms with van der Waals surface area (Å²) < 4.78 is 40.0. The zero-order valence-electron chi connectivity index (χ0n) is 10.9. The Bertz CT molecular complexity index is 730. The summed E-state index contributed by atoms with van der Waals surface area (Å²) in [4.78, 5) is -0.264. The highest BCUT2D eigenvalue weighted by molar-refractivity contribution is 7.92. The van der Waals surface area contributed by atoms with E-state index < -0.39 is 15.8 Å². The molecule has 3 N–H and O–H groups in total. The van der Waals surface area contributed by atoms with Gasteiger partial charge in [0, 0.05) is 5.69 Å².